The van der Waals surface area contributed by atoms with E-state index in [1.54, 1.807) is 49.4 Å². The molecule has 7 nitrogen and oxygen atoms in total. The Morgan fingerprint density at radius 1 is 1.21 bits per heavy atom. The number of hydrogen-bond donors (Lipinski definition) is 1. The van der Waals surface area contributed by atoms with Crippen molar-refractivity contribution in [3.8, 4) is 5.75 Å². The number of fused-ring (bicyclic) bond motifs is 1. The van der Waals surface area contributed by atoms with Gasteiger partial charge in [0.15, 0.2) is 6.10 Å². The van der Waals surface area contributed by atoms with Gasteiger partial charge < -0.3 is 19.7 Å². The van der Waals surface area contributed by atoms with Crippen molar-refractivity contribution in [1.29, 1.82) is 0 Å². The van der Waals surface area contributed by atoms with Crippen molar-refractivity contribution >= 4 is 40.8 Å². The lowest BCUT2D eigenvalue weighted by Gasteiger charge is -2.33. The van der Waals surface area contributed by atoms with Crippen molar-refractivity contribution in [3.63, 3.8) is 0 Å². The molecule has 0 unspecified atom stereocenters. The zero-order valence-electron chi connectivity index (χ0n) is 16.3. The molecule has 0 bridgehead atoms. The number of carbonyl (C=O) groups excluding carboxylic acids is 3. The molecule has 0 spiro atoms. The van der Waals surface area contributed by atoms with E-state index in [2.05, 4.69) is 5.32 Å². The van der Waals surface area contributed by atoms with Crippen LogP contribution in [-0.2, 0) is 19.1 Å². The molecule has 2 aromatic rings. The lowest BCUT2D eigenvalue weighted by atomic mass is 10.2. The normalized spacial score (nSPS) is 16.3. The highest BCUT2D eigenvalue weighted by Gasteiger charge is 2.35. The Hall–Kier alpha value is -3.06. The first-order chi connectivity index (χ1) is 13.8. The van der Waals surface area contributed by atoms with E-state index in [1.807, 2.05) is 0 Å². The second-order valence-electron chi connectivity index (χ2n) is 6.68. The number of esters is 1. The summed E-state index contributed by atoms with van der Waals surface area (Å²) in [7, 11) is 0. The van der Waals surface area contributed by atoms with Crippen LogP contribution in [0.4, 0.5) is 11.4 Å². The molecular formula is C21H21ClN2O5. The Balaban J connectivity index is 1.67. The smallest absolute Gasteiger partial charge is 0.350 e. The third-order valence-electron chi connectivity index (χ3n) is 4.60. The first-order valence-electron chi connectivity index (χ1n) is 9.08. The molecule has 0 aromatic heterocycles. The van der Waals surface area contributed by atoms with Gasteiger partial charge in [0.2, 0.25) is 12.0 Å². The fourth-order valence-corrected chi connectivity index (χ4v) is 3.11. The molecular weight excluding hydrogens is 396 g/mol. The van der Waals surface area contributed by atoms with Gasteiger partial charge in [-0.1, -0.05) is 29.8 Å². The van der Waals surface area contributed by atoms with E-state index >= 15 is 0 Å². The van der Waals surface area contributed by atoms with E-state index in [1.165, 1.54) is 18.7 Å². The van der Waals surface area contributed by atoms with Crippen LogP contribution in [0.3, 0.4) is 0 Å². The number of para-hydroxylation sites is 2. The second kappa shape index (κ2) is 8.53. The largest absolute Gasteiger partial charge is 0.475 e. The van der Waals surface area contributed by atoms with Crippen LogP contribution in [-0.4, -0.2) is 36.5 Å². The Labute approximate surface area is 173 Å². The number of amides is 2. The Morgan fingerprint density at radius 2 is 1.93 bits per heavy atom. The average molecular weight is 417 g/mol. The van der Waals surface area contributed by atoms with Crippen LogP contribution in [0.25, 0.3) is 0 Å². The fraction of sp³-hybridized carbons (Fsp3) is 0.286. The molecule has 2 amide bonds. The first-order valence-corrected chi connectivity index (χ1v) is 9.46. The minimum atomic E-state index is -1.06. The summed E-state index contributed by atoms with van der Waals surface area (Å²) in [5.74, 6) is -1.04. The summed E-state index contributed by atoms with van der Waals surface area (Å²) in [5, 5.41) is 3.22. The number of benzene rings is 2. The topological polar surface area (TPSA) is 84.9 Å². The number of rotatable bonds is 4. The van der Waals surface area contributed by atoms with Gasteiger partial charge in [-0.3, -0.25) is 9.59 Å². The zero-order chi connectivity index (χ0) is 21.1. The van der Waals surface area contributed by atoms with Crippen LogP contribution in [0, 0.1) is 6.92 Å². The van der Waals surface area contributed by atoms with Crippen molar-refractivity contribution in [2.45, 2.75) is 33.0 Å². The molecule has 0 fully saturated rings. The van der Waals surface area contributed by atoms with Gasteiger partial charge in [-0.2, -0.15) is 0 Å². The SMILES string of the molecule is CC(=O)N1C[C@H](C(=O)O[C@H](C)C(=O)Nc2cccc(Cl)c2C)Oc2ccccc21. The highest BCUT2D eigenvalue weighted by Crippen LogP contribution is 2.33. The Morgan fingerprint density at radius 3 is 2.66 bits per heavy atom. The quantitative estimate of drug-likeness (QED) is 0.773. The van der Waals surface area contributed by atoms with Crippen molar-refractivity contribution in [3.05, 3.63) is 53.1 Å². The van der Waals surface area contributed by atoms with Gasteiger partial charge in [-0.05, 0) is 43.7 Å². The Bertz CT molecular complexity index is 962. The molecule has 2 aromatic carbocycles. The maximum atomic E-state index is 12.6. The molecule has 2 atom stereocenters. The van der Waals surface area contributed by atoms with Gasteiger partial charge >= 0.3 is 5.97 Å². The number of hydrogen-bond acceptors (Lipinski definition) is 5. The van der Waals surface area contributed by atoms with Crippen molar-refractivity contribution in [2.75, 3.05) is 16.8 Å². The van der Waals surface area contributed by atoms with Crippen molar-refractivity contribution in [1.82, 2.24) is 0 Å². The van der Waals surface area contributed by atoms with Crippen LogP contribution in [0.15, 0.2) is 42.5 Å². The number of carbonyl (C=O) groups is 3. The number of nitrogens with one attached hydrogen (secondary N) is 1. The van der Waals surface area contributed by atoms with Gasteiger partial charge in [0.1, 0.15) is 5.75 Å². The van der Waals surface area contributed by atoms with Crippen molar-refractivity contribution in [2.24, 2.45) is 0 Å². The number of halogens is 1. The summed E-state index contributed by atoms with van der Waals surface area (Å²) in [6.45, 7) is 4.66. The fourth-order valence-electron chi connectivity index (χ4n) is 2.94. The van der Waals surface area contributed by atoms with E-state index in [9.17, 15) is 14.4 Å². The molecule has 0 saturated carbocycles. The summed E-state index contributed by atoms with van der Waals surface area (Å²) in [4.78, 5) is 38.4. The van der Waals surface area contributed by atoms with Crippen LogP contribution >= 0.6 is 11.6 Å². The van der Waals surface area contributed by atoms with Crippen LogP contribution in [0.5, 0.6) is 5.75 Å². The molecule has 8 heteroatoms. The number of ether oxygens (including phenoxy) is 2. The van der Waals surface area contributed by atoms with E-state index in [0.717, 1.165) is 0 Å². The third-order valence-corrected chi connectivity index (χ3v) is 5.01. The maximum absolute atomic E-state index is 12.6. The number of anilines is 2. The van der Waals surface area contributed by atoms with Gasteiger partial charge in [0.25, 0.3) is 5.91 Å². The highest BCUT2D eigenvalue weighted by atomic mass is 35.5. The molecule has 3 rings (SSSR count). The van der Waals surface area contributed by atoms with Gasteiger partial charge in [0, 0.05) is 17.6 Å². The first kappa shape index (κ1) is 20.7. The summed E-state index contributed by atoms with van der Waals surface area (Å²) < 4.78 is 11.0. The molecule has 1 aliphatic rings. The van der Waals surface area contributed by atoms with Gasteiger partial charge in [-0.15, -0.1) is 0 Å². The maximum Gasteiger partial charge on any atom is 0.350 e. The van der Waals surface area contributed by atoms with Crippen molar-refractivity contribution < 1.29 is 23.9 Å². The molecule has 1 N–H and O–H groups in total. The van der Waals surface area contributed by atoms with Crippen LogP contribution in [0.1, 0.15) is 19.4 Å². The molecule has 0 aliphatic carbocycles. The monoisotopic (exact) mass is 416 g/mol. The number of nitrogens with zero attached hydrogens (tertiary/aromatic N) is 1. The van der Waals surface area contributed by atoms with E-state index in [0.29, 0.717) is 27.7 Å². The van der Waals surface area contributed by atoms with E-state index < -0.39 is 24.1 Å². The summed E-state index contributed by atoms with van der Waals surface area (Å²) in [5.41, 5.74) is 1.84. The lowest BCUT2D eigenvalue weighted by molar-refractivity contribution is -0.160. The molecule has 1 heterocycles. The van der Waals surface area contributed by atoms with Gasteiger partial charge in [0.05, 0.1) is 12.2 Å². The molecule has 152 valence electrons. The van der Waals surface area contributed by atoms with E-state index in [-0.39, 0.29) is 12.5 Å². The minimum Gasteiger partial charge on any atom is -0.475 e. The predicted molar refractivity (Wildman–Crippen MR) is 109 cm³/mol. The lowest BCUT2D eigenvalue weighted by Crippen LogP contribution is -2.48. The summed E-state index contributed by atoms with van der Waals surface area (Å²) in [6, 6.07) is 12.1. The minimum absolute atomic E-state index is 0.00687. The second-order valence-corrected chi connectivity index (χ2v) is 7.09. The standard InChI is InChI=1S/C21H21ClN2O5/c1-12-15(22)7-6-8-16(12)23-20(26)13(2)28-21(27)19-11-24(14(3)25)17-9-4-5-10-18(17)29-19/h4-10,13,19H,11H2,1-3H3,(H,23,26)/t13-,19-/m1/s1. The highest BCUT2D eigenvalue weighted by molar-refractivity contribution is 6.31. The van der Waals surface area contributed by atoms with Crippen LogP contribution in [0.2, 0.25) is 5.02 Å². The molecule has 1 aliphatic heterocycles. The van der Waals surface area contributed by atoms with Crippen LogP contribution < -0.4 is 15.0 Å². The predicted octanol–water partition coefficient (Wildman–Crippen LogP) is 3.33. The molecule has 0 saturated heterocycles. The van der Waals surface area contributed by atoms with E-state index in [4.69, 9.17) is 21.1 Å². The van der Waals surface area contributed by atoms with Gasteiger partial charge in [-0.25, -0.2) is 4.79 Å². The molecule has 0 radical (unpaired) electrons. The molecule has 29 heavy (non-hydrogen) atoms. The average Bonchev–Trinajstić information content (AvgIpc) is 2.70. The zero-order valence-corrected chi connectivity index (χ0v) is 17.0. The Kier molecular flexibility index (Phi) is 6.08. The third kappa shape index (κ3) is 4.51. The summed E-state index contributed by atoms with van der Waals surface area (Å²) >= 11 is 6.06. The summed E-state index contributed by atoms with van der Waals surface area (Å²) in [6.07, 6.45) is -2.09.